The number of ether oxygens (including phenoxy) is 1. The van der Waals surface area contributed by atoms with Gasteiger partial charge in [-0.25, -0.2) is 4.79 Å². The predicted octanol–water partition coefficient (Wildman–Crippen LogP) is 3.05. The van der Waals surface area contributed by atoms with Crippen LogP contribution in [0.2, 0.25) is 0 Å². The van der Waals surface area contributed by atoms with Gasteiger partial charge in [-0.15, -0.1) is 13.2 Å². The molecule has 4 rings (SSSR count). The number of anilines is 1. The third kappa shape index (κ3) is 2.59. The molecular weight excluding hydrogens is 353 g/mol. The van der Waals surface area contributed by atoms with Gasteiger partial charge in [-0.1, -0.05) is 12.1 Å². The summed E-state index contributed by atoms with van der Waals surface area (Å²) in [5.74, 6) is -0.706. The zero-order valence-electron chi connectivity index (χ0n) is 13.5. The lowest BCUT2D eigenvalue weighted by Gasteiger charge is -2.25. The molecule has 2 heterocycles. The highest BCUT2D eigenvalue weighted by Gasteiger charge is 2.40. The van der Waals surface area contributed by atoms with Crippen LogP contribution in [-0.4, -0.2) is 16.9 Å². The SMILES string of the molecule is Cn1oc(=O)c2c1NC1=C(C(=O)CC1)C2c1ccc(OC(F)(F)F)cc1. The fourth-order valence-corrected chi connectivity index (χ4v) is 3.51. The van der Waals surface area contributed by atoms with Crippen LogP contribution >= 0.6 is 0 Å². The number of nitrogens with one attached hydrogen (secondary N) is 1. The molecule has 0 bridgehead atoms. The molecule has 6 nitrogen and oxygen atoms in total. The first-order valence-corrected chi connectivity index (χ1v) is 7.84. The van der Waals surface area contributed by atoms with E-state index in [1.54, 1.807) is 7.05 Å². The van der Waals surface area contributed by atoms with Gasteiger partial charge in [-0.05, 0) is 24.1 Å². The van der Waals surface area contributed by atoms with Gasteiger partial charge in [-0.2, -0.15) is 4.74 Å². The third-order valence-electron chi connectivity index (χ3n) is 4.53. The van der Waals surface area contributed by atoms with E-state index in [9.17, 15) is 22.8 Å². The number of alkyl halides is 3. The van der Waals surface area contributed by atoms with Gasteiger partial charge in [0.25, 0.3) is 0 Å². The Labute approximate surface area is 144 Å². The van der Waals surface area contributed by atoms with Crippen LogP contribution in [0.3, 0.4) is 0 Å². The molecule has 1 aromatic heterocycles. The van der Waals surface area contributed by atoms with Gasteiger partial charge in [0.1, 0.15) is 5.75 Å². The van der Waals surface area contributed by atoms with Crippen molar-refractivity contribution in [1.29, 1.82) is 0 Å². The summed E-state index contributed by atoms with van der Waals surface area (Å²) in [4.78, 5) is 24.6. The lowest BCUT2D eigenvalue weighted by molar-refractivity contribution is -0.274. The number of nitrogens with zero attached hydrogens (tertiary/aromatic N) is 1. The van der Waals surface area contributed by atoms with E-state index in [-0.39, 0.29) is 17.1 Å². The molecule has 0 saturated carbocycles. The lowest BCUT2D eigenvalue weighted by atomic mass is 9.82. The summed E-state index contributed by atoms with van der Waals surface area (Å²) in [6, 6.07) is 5.16. The molecule has 0 spiro atoms. The average Bonchev–Trinajstić information content (AvgIpc) is 3.06. The van der Waals surface area contributed by atoms with Crippen molar-refractivity contribution in [3.8, 4) is 5.75 Å². The van der Waals surface area contributed by atoms with Crippen molar-refractivity contribution in [1.82, 2.24) is 4.74 Å². The van der Waals surface area contributed by atoms with E-state index < -0.39 is 17.9 Å². The number of aryl methyl sites for hydroxylation is 1. The molecule has 9 heteroatoms. The van der Waals surface area contributed by atoms with E-state index in [2.05, 4.69) is 10.1 Å². The first-order chi connectivity index (χ1) is 12.2. The van der Waals surface area contributed by atoms with E-state index in [1.165, 1.54) is 16.9 Å². The van der Waals surface area contributed by atoms with E-state index in [1.807, 2.05) is 0 Å². The molecule has 0 fully saturated rings. The van der Waals surface area contributed by atoms with Crippen LogP contribution in [0, 0.1) is 0 Å². The first-order valence-electron chi connectivity index (χ1n) is 7.84. The topological polar surface area (TPSA) is 73.5 Å². The fraction of sp³-hybridized carbons (Fsp3) is 0.294. The minimum absolute atomic E-state index is 0.0954. The number of fused-ring (bicyclic) bond motifs is 1. The van der Waals surface area contributed by atoms with Crippen LogP contribution in [0.15, 0.2) is 44.9 Å². The quantitative estimate of drug-likeness (QED) is 0.884. The van der Waals surface area contributed by atoms with Crippen LogP contribution in [-0.2, 0) is 11.8 Å². The summed E-state index contributed by atoms with van der Waals surface area (Å²) in [6.45, 7) is 0. The smallest absolute Gasteiger partial charge is 0.406 e. The fourth-order valence-electron chi connectivity index (χ4n) is 3.51. The van der Waals surface area contributed by atoms with Crippen molar-refractivity contribution >= 4 is 11.6 Å². The molecule has 2 aromatic rings. The Bertz CT molecular complexity index is 983. The van der Waals surface area contributed by atoms with Crippen molar-refractivity contribution in [3.63, 3.8) is 0 Å². The number of halogens is 3. The second-order valence-corrected chi connectivity index (χ2v) is 6.13. The van der Waals surface area contributed by atoms with Crippen molar-refractivity contribution in [3.05, 3.63) is 57.1 Å². The molecule has 0 radical (unpaired) electrons. The largest absolute Gasteiger partial charge is 0.573 e. The normalized spacial score (nSPS) is 19.2. The Morgan fingerprint density at radius 1 is 1.19 bits per heavy atom. The molecule has 1 aliphatic heterocycles. The maximum atomic E-state index is 12.4. The second-order valence-electron chi connectivity index (χ2n) is 6.13. The first kappa shape index (κ1) is 16.5. The van der Waals surface area contributed by atoms with E-state index >= 15 is 0 Å². The molecule has 136 valence electrons. The standard InChI is InChI=1S/C17H13F3N2O4/c1-22-15-14(16(24)26-22)12(13-10(21-15)6-7-11(13)23)8-2-4-9(5-3-8)25-17(18,19)20/h2-5,12,21H,6-7H2,1H3. The molecule has 26 heavy (non-hydrogen) atoms. The molecule has 1 atom stereocenters. The number of aromatic nitrogens is 1. The number of hydrogen-bond donors (Lipinski definition) is 1. The summed E-state index contributed by atoms with van der Waals surface area (Å²) < 4.78 is 47.3. The van der Waals surface area contributed by atoms with E-state index in [4.69, 9.17) is 4.52 Å². The van der Waals surface area contributed by atoms with Gasteiger partial charge < -0.3 is 14.6 Å². The number of ketones is 1. The summed E-state index contributed by atoms with van der Waals surface area (Å²) in [5.41, 5.74) is 1.36. The number of allylic oxidation sites excluding steroid dienone is 2. The molecule has 2 aliphatic rings. The zero-order valence-corrected chi connectivity index (χ0v) is 13.5. The molecule has 1 N–H and O–H groups in total. The number of benzene rings is 1. The van der Waals surface area contributed by atoms with Crippen molar-refractivity contribution < 1.29 is 27.2 Å². The lowest BCUT2D eigenvalue weighted by Crippen LogP contribution is -2.23. The van der Waals surface area contributed by atoms with Crippen LogP contribution in [0.1, 0.15) is 29.9 Å². The molecule has 1 aliphatic carbocycles. The maximum absolute atomic E-state index is 12.4. The predicted molar refractivity (Wildman–Crippen MR) is 83.8 cm³/mol. The second kappa shape index (κ2) is 5.52. The van der Waals surface area contributed by atoms with Crippen molar-refractivity contribution in [2.45, 2.75) is 25.1 Å². The van der Waals surface area contributed by atoms with Crippen molar-refractivity contribution in [2.75, 3.05) is 5.32 Å². The number of Topliss-reactive ketones (excluding diaryl/α,β-unsaturated/α-hetero) is 1. The Kier molecular flexibility index (Phi) is 3.50. The van der Waals surface area contributed by atoms with Gasteiger partial charge in [0.05, 0.1) is 11.5 Å². The zero-order chi connectivity index (χ0) is 18.6. The molecule has 0 amide bonds. The number of carbonyl (C=O) groups excluding carboxylic acids is 1. The average molecular weight is 366 g/mol. The summed E-state index contributed by atoms with van der Waals surface area (Å²) in [7, 11) is 1.56. The molecular formula is C17H13F3N2O4. The summed E-state index contributed by atoms with van der Waals surface area (Å²) in [6.07, 6.45) is -3.96. The highest BCUT2D eigenvalue weighted by atomic mass is 19.4. The van der Waals surface area contributed by atoms with Gasteiger partial charge in [0.2, 0.25) is 0 Å². The van der Waals surface area contributed by atoms with Crippen LogP contribution in [0.5, 0.6) is 5.75 Å². The number of carbonyl (C=O) groups is 1. The minimum atomic E-state index is -4.79. The monoisotopic (exact) mass is 366 g/mol. The number of hydrogen-bond acceptors (Lipinski definition) is 5. The summed E-state index contributed by atoms with van der Waals surface area (Å²) >= 11 is 0. The van der Waals surface area contributed by atoms with Gasteiger partial charge in [-0.3, -0.25) is 4.79 Å². The highest BCUT2D eigenvalue weighted by Crippen LogP contribution is 2.45. The maximum Gasteiger partial charge on any atom is 0.573 e. The Morgan fingerprint density at radius 3 is 2.54 bits per heavy atom. The molecule has 1 unspecified atom stereocenters. The van der Waals surface area contributed by atoms with Gasteiger partial charge >= 0.3 is 12.0 Å². The van der Waals surface area contributed by atoms with E-state index in [0.29, 0.717) is 35.5 Å². The van der Waals surface area contributed by atoms with Gasteiger partial charge in [0.15, 0.2) is 11.6 Å². The van der Waals surface area contributed by atoms with Crippen molar-refractivity contribution in [2.24, 2.45) is 7.05 Å². The van der Waals surface area contributed by atoms with Gasteiger partial charge in [0, 0.05) is 24.7 Å². The van der Waals surface area contributed by atoms with E-state index in [0.717, 1.165) is 12.1 Å². The van der Waals surface area contributed by atoms with Crippen LogP contribution in [0.25, 0.3) is 0 Å². The summed E-state index contributed by atoms with van der Waals surface area (Å²) in [5, 5.41) is 3.08. The van der Waals surface area contributed by atoms with Crippen LogP contribution in [0.4, 0.5) is 19.0 Å². The molecule has 1 aromatic carbocycles. The Hall–Kier alpha value is -2.97. The Morgan fingerprint density at radius 2 is 1.88 bits per heavy atom. The molecule has 0 saturated heterocycles. The minimum Gasteiger partial charge on any atom is -0.406 e. The third-order valence-corrected chi connectivity index (χ3v) is 4.53. The highest BCUT2D eigenvalue weighted by molar-refractivity contribution is 6.02. The van der Waals surface area contributed by atoms with Crippen LogP contribution < -0.4 is 15.7 Å². The number of rotatable bonds is 2. The Balaban J connectivity index is 1.81.